The molecule has 0 atom stereocenters. The summed E-state index contributed by atoms with van der Waals surface area (Å²) in [6.45, 7) is 0.383. The molecule has 0 aromatic heterocycles. The highest BCUT2D eigenvalue weighted by atomic mass is 16.5. The van der Waals surface area contributed by atoms with Crippen molar-refractivity contribution in [1.82, 2.24) is 4.90 Å². The third-order valence-electron chi connectivity index (χ3n) is 2.73. The molecule has 0 aliphatic carbocycles. The highest BCUT2D eigenvalue weighted by Crippen LogP contribution is 2.27. The summed E-state index contributed by atoms with van der Waals surface area (Å²) in [6.07, 6.45) is 6.20. The first-order valence-corrected chi connectivity index (χ1v) is 5.26. The predicted octanol–water partition coefficient (Wildman–Crippen LogP) is 1.86. The topological polar surface area (TPSA) is 29.5 Å². The van der Waals surface area contributed by atoms with Gasteiger partial charge in [0.2, 0.25) is 0 Å². The fraction of sp³-hybridized carbons (Fsp3) is 0.154. The molecule has 3 heteroatoms. The van der Waals surface area contributed by atoms with Crippen LogP contribution in [0.2, 0.25) is 0 Å². The van der Waals surface area contributed by atoms with Crippen LogP contribution in [0.4, 0.5) is 0 Å². The summed E-state index contributed by atoms with van der Waals surface area (Å²) in [7, 11) is 0. The molecule has 0 bridgehead atoms. The van der Waals surface area contributed by atoms with Gasteiger partial charge in [-0.3, -0.25) is 4.79 Å². The number of carbonyl (C=O) groups excluding carboxylic acids is 1. The fourth-order valence-corrected chi connectivity index (χ4v) is 1.90. The number of ether oxygens (including phenoxy) is 1. The van der Waals surface area contributed by atoms with Crippen LogP contribution in [0.5, 0.6) is 5.75 Å². The van der Waals surface area contributed by atoms with E-state index in [1.54, 1.807) is 12.3 Å². The molecule has 0 spiro atoms. The SMILES string of the molecule is O=C1C=CN(C2=CCc3ccccc3O2)C1. The predicted molar refractivity (Wildman–Crippen MR) is 59.7 cm³/mol. The quantitative estimate of drug-likeness (QED) is 0.713. The number of allylic oxidation sites excluding steroid dienone is 1. The molecule has 80 valence electrons. The third kappa shape index (κ3) is 1.50. The summed E-state index contributed by atoms with van der Waals surface area (Å²) >= 11 is 0. The zero-order chi connectivity index (χ0) is 11.0. The zero-order valence-corrected chi connectivity index (χ0v) is 8.72. The van der Waals surface area contributed by atoms with E-state index in [0.29, 0.717) is 6.54 Å². The molecule has 16 heavy (non-hydrogen) atoms. The van der Waals surface area contributed by atoms with Gasteiger partial charge in [0.05, 0.1) is 6.54 Å². The van der Waals surface area contributed by atoms with Crippen LogP contribution in [-0.2, 0) is 11.2 Å². The van der Waals surface area contributed by atoms with Crippen molar-refractivity contribution in [1.29, 1.82) is 0 Å². The van der Waals surface area contributed by atoms with Crippen molar-refractivity contribution in [3.63, 3.8) is 0 Å². The Bertz CT molecular complexity index is 502. The smallest absolute Gasteiger partial charge is 0.196 e. The van der Waals surface area contributed by atoms with Gasteiger partial charge in [0.25, 0.3) is 0 Å². The Kier molecular flexibility index (Phi) is 2.03. The molecule has 2 aliphatic heterocycles. The molecule has 0 amide bonds. The molecule has 0 saturated carbocycles. The van der Waals surface area contributed by atoms with Crippen molar-refractivity contribution < 1.29 is 9.53 Å². The van der Waals surface area contributed by atoms with Gasteiger partial charge in [-0.05, 0) is 30.2 Å². The molecule has 3 nitrogen and oxygen atoms in total. The highest BCUT2D eigenvalue weighted by molar-refractivity contribution is 5.93. The zero-order valence-electron chi connectivity index (χ0n) is 8.72. The summed E-state index contributed by atoms with van der Waals surface area (Å²) in [6, 6.07) is 7.95. The van der Waals surface area contributed by atoms with Gasteiger partial charge in [-0.25, -0.2) is 0 Å². The van der Waals surface area contributed by atoms with Crippen LogP contribution >= 0.6 is 0 Å². The Hall–Kier alpha value is -2.03. The van der Waals surface area contributed by atoms with Crippen molar-refractivity contribution >= 4 is 5.78 Å². The molecule has 1 aromatic carbocycles. The van der Waals surface area contributed by atoms with Crippen molar-refractivity contribution in [2.75, 3.05) is 6.54 Å². The lowest BCUT2D eigenvalue weighted by Crippen LogP contribution is -2.23. The van der Waals surface area contributed by atoms with E-state index in [1.807, 2.05) is 35.2 Å². The molecule has 0 saturated heterocycles. The van der Waals surface area contributed by atoms with Gasteiger partial charge in [-0.1, -0.05) is 18.2 Å². The molecule has 0 N–H and O–H groups in total. The Morgan fingerprint density at radius 2 is 2.12 bits per heavy atom. The van der Waals surface area contributed by atoms with Crippen molar-refractivity contribution in [2.45, 2.75) is 6.42 Å². The number of hydrogen-bond acceptors (Lipinski definition) is 3. The number of carbonyl (C=O) groups is 1. The number of fused-ring (bicyclic) bond motifs is 1. The first-order chi connectivity index (χ1) is 7.83. The Morgan fingerprint density at radius 3 is 2.94 bits per heavy atom. The average Bonchev–Trinajstić information content (AvgIpc) is 2.75. The number of para-hydroxylation sites is 1. The van der Waals surface area contributed by atoms with Gasteiger partial charge in [0.1, 0.15) is 5.75 Å². The number of rotatable bonds is 1. The number of nitrogens with zero attached hydrogens (tertiary/aromatic N) is 1. The molecular formula is C13H11NO2. The molecule has 2 aliphatic rings. The second-order valence-corrected chi connectivity index (χ2v) is 3.87. The van der Waals surface area contributed by atoms with Gasteiger partial charge >= 0.3 is 0 Å². The van der Waals surface area contributed by atoms with Gasteiger partial charge in [-0.2, -0.15) is 0 Å². The van der Waals surface area contributed by atoms with E-state index in [9.17, 15) is 4.79 Å². The Balaban J connectivity index is 1.84. The van der Waals surface area contributed by atoms with E-state index >= 15 is 0 Å². The maximum absolute atomic E-state index is 11.1. The second kappa shape index (κ2) is 3.52. The van der Waals surface area contributed by atoms with E-state index in [1.165, 1.54) is 5.56 Å². The van der Waals surface area contributed by atoms with Crippen LogP contribution in [0.15, 0.2) is 48.5 Å². The monoisotopic (exact) mass is 213 g/mol. The summed E-state index contributed by atoms with van der Waals surface area (Å²) in [5.74, 6) is 1.75. The summed E-state index contributed by atoms with van der Waals surface area (Å²) < 4.78 is 5.75. The highest BCUT2D eigenvalue weighted by Gasteiger charge is 2.20. The minimum absolute atomic E-state index is 0.114. The molecule has 3 rings (SSSR count). The van der Waals surface area contributed by atoms with Gasteiger partial charge in [-0.15, -0.1) is 0 Å². The lowest BCUT2D eigenvalue weighted by atomic mass is 10.1. The average molecular weight is 213 g/mol. The van der Waals surface area contributed by atoms with Crippen LogP contribution in [0.1, 0.15) is 5.56 Å². The summed E-state index contributed by atoms with van der Waals surface area (Å²) in [5, 5.41) is 0. The van der Waals surface area contributed by atoms with Crippen LogP contribution in [0.3, 0.4) is 0 Å². The first-order valence-electron chi connectivity index (χ1n) is 5.26. The van der Waals surface area contributed by atoms with E-state index in [-0.39, 0.29) is 5.78 Å². The molecule has 0 radical (unpaired) electrons. The van der Waals surface area contributed by atoms with Crippen molar-refractivity contribution in [3.05, 3.63) is 54.1 Å². The summed E-state index contributed by atoms with van der Waals surface area (Å²) in [4.78, 5) is 13.0. The normalized spacial score (nSPS) is 18.1. The lowest BCUT2D eigenvalue weighted by Gasteiger charge is -2.23. The molecule has 2 heterocycles. The fourth-order valence-electron chi connectivity index (χ4n) is 1.90. The van der Waals surface area contributed by atoms with Crippen molar-refractivity contribution in [2.24, 2.45) is 0 Å². The van der Waals surface area contributed by atoms with Crippen LogP contribution in [0.25, 0.3) is 0 Å². The first kappa shape index (κ1) is 9.21. The van der Waals surface area contributed by atoms with Crippen LogP contribution in [-0.4, -0.2) is 17.2 Å². The second-order valence-electron chi connectivity index (χ2n) is 3.87. The minimum atomic E-state index is 0.114. The van der Waals surface area contributed by atoms with Crippen molar-refractivity contribution in [3.8, 4) is 5.75 Å². The van der Waals surface area contributed by atoms with E-state index in [4.69, 9.17) is 4.74 Å². The van der Waals surface area contributed by atoms with E-state index in [2.05, 4.69) is 0 Å². The standard InChI is InChI=1S/C13H11NO2/c15-11-7-8-14(9-11)13-6-5-10-3-1-2-4-12(10)16-13/h1-4,6-8H,5,9H2. The number of benzene rings is 1. The minimum Gasteiger partial charge on any atom is -0.441 e. The van der Waals surface area contributed by atoms with Gasteiger partial charge in [0, 0.05) is 6.20 Å². The maximum Gasteiger partial charge on any atom is 0.196 e. The van der Waals surface area contributed by atoms with Crippen LogP contribution in [0, 0.1) is 0 Å². The van der Waals surface area contributed by atoms with E-state index < -0.39 is 0 Å². The van der Waals surface area contributed by atoms with Gasteiger partial charge in [0.15, 0.2) is 11.7 Å². The molecule has 0 unspecified atom stereocenters. The molecular weight excluding hydrogens is 202 g/mol. The molecule has 0 fully saturated rings. The Morgan fingerprint density at radius 1 is 1.25 bits per heavy atom. The number of ketones is 1. The number of hydrogen-bond donors (Lipinski definition) is 0. The van der Waals surface area contributed by atoms with E-state index in [0.717, 1.165) is 18.1 Å². The Labute approximate surface area is 93.6 Å². The third-order valence-corrected chi connectivity index (χ3v) is 2.73. The largest absolute Gasteiger partial charge is 0.441 e. The summed E-state index contributed by atoms with van der Waals surface area (Å²) in [5.41, 5.74) is 1.18. The van der Waals surface area contributed by atoms with Gasteiger partial charge < -0.3 is 9.64 Å². The molecule has 1 aromatic rings. The van der Waals surface area contributed by atoms with Crippen LogP contribution < -0.4 is 4.74 Å². The lowest BCUT2D eigenvalue weighted by molar-refractivity contribution is -0.114. The maximum atomic E-state index is 11.1.